The van der Waals surface area contributed by atoms with Gasteiger partial charge in [0.05, 0.1) is 0 Å². The lowest BCUT2D eigenvalue weighted by atomic mass is 10.1. The molecule has 0 aromatic heterocycles. The average Bonchev–Trinajstić information content (AvgIpc) is 3.09. The summed E-state index contributed by atoms with van der Waals surface area (Å²) in [6.45, 7) is 1.88. The van der Waals surface area contributed by atoms with Crippen molar-refractivity contribution >= 4 is 17.5 Å². The fraction of sp³-hybridized carbons (Fsp3) is 0.300. The largest absolute Gasteiger partial charge is 0.385 e. The van der Waals surface area contributed by atoms with Gasteiger partial charge in [-0.25, -0.2) is 0 Å². The second-order valence-corrected chi connectivity index (χ2v) is 6.02. The van der Waals surface area contributed by atoms with Gasteiger partial charge in [0.15, 0.2) is 0 Å². The molecule has 0 saturated carbocycles. The molecule has 0 atom stereocenters. The van der Waals surface area contributed by atoms with Gasteiger partial charge in [0.1, 0.15) is 0 Å². The van der Waals surface area contributed by atoms with Crippen LogP contribution in [0.4, 0.5) is 5.69 Å². The van der Waals surface area contributed by atoms with Crippen molar-refractivity contribution in [2.24, 2.45) is 0 Å². The van der Waals surface area contributed by atoms with Crippen LogP contribution in [0.2, 0.25) is 0 Å². The molecule has 5 heteroatoms. The molecule has 0 radical (unpaired) electrons. The molecule has 0 saturated heterocycles. The predicted octanol–water partition coefficient (Wildman–Crippen LogP) is 2.66. The second kappa shape index (κ2) is 7.94. The Morgan fingerprint density at radius 1 is 1.08 bits per heavy atom. The van der Waals surface area contributed by atoms with Gasteiger partial charge in [-0.1, -0.05) is 18.2 Å². The van der Waals surface area contributed by atoms with E-state index in [9.17, 15) is 9.59 Å². The Hall–Kier alpha value is -2.66. The molecule has 0 aliphatic carbocycles. The number of ether oxygens (including phenoxy) is 1. The smallest absolute Gasteiger partial charge is 0.258 e. The topological polar surface area (TPSA) is 58.6 Å². The molecule has 25 heavy (non-hydrogen) atoms. The Balaban J connectivity index is 1.64. The first-order valence-electron chi connectivity index (χ1n) is 8.47. The summed E-state index contributed by atoms with van der Waals surface area (Å²) < 4.78 is 4.95. The zero-order chi connectivity index (χ0) is 17.6. The molecule has 5 nitrogen and oxygen atoms in total. The number of methoxy groups -OCH3 is 1. The summed E-state index contributed by atoms with van der Waals surface area (Å²) in [4.78, 5) is 26.6. The van der Waals surface area contributed by atoms with Crippen molar-refractivity contribution < 1.29 is 14.3 Å². The van der Waals surface area contributed by atoms with Gasteiger partial charge in [-0.3, -0.25) is 9.59 Å². The fourth-order valence-electron chi connectivity index (χ4n) is 2.99. The third-order valence-corrected chi connectivity index (χ3v) is 4.34. The highest BCUT2D eigenvalue weighted by atomic mass is 16.5. The Morgan fingerprint density at radius 3 is 2.56 bits per heavy atom. The number of nitrogens with zero attached hydrogens (tertiary/aromatic N) is 1. The molecule has 130 valence electrons. The van der Waals surface area contributed by atoms with Gasteiger partial charge in [-0.2, -0.15) is 0 Å². The van der Waals surface area contributed by atoms with Gasteiger partial charge >= 0.3 is 0 Å². The third-order valence-electron chi connectivity index (χ3n) is 4.34. The SMILES string of the molecule is COCCCNC(=O)c1ccc(C(=O)N2CCc3ccccc32)cc1. The molecule has 3 rings (SSSR count). The molecular weight excluding hydrogens is 316 g/mol. The van der Waals surface area contributed by atoms with E-state index in [1.54, 1.807) is 36.3 Å². The van der Waals surface area contributed by atoms with Gasteiger partial charge < -0.3 is 15.0 Å². The Bertz CT molecular complexity index is 756. The quantitative estimate of drug-likeness (QED) is 0.824. The monoisotopic (exact) mass is 338 g/mol. The molecule has 1 aliphatic rings. The second-order valence-electron chi connectivity index (χ2n) is 6.02. The normalized spacial score (nSPS) is 12.8. The molecule has 1 N–H and O–H groups in total. The van der Waals surface area contributed by atoms with Crippen molar-refractivity contribution in [2.45, 2.75) is 12.8 Å². The van der Waals surface area contributed by atoms with E-state index in [0.29, 0.717) is 30.8 Å². The predicted molar refractivity (Wildman–Crippen MR) is 97.1 cm³/mol. The van der Waals surface area contributed by atoms with Crippen molar-refractivity contribution in [1.82, 2.24) is 5.32 Å². The minimum Gasteiger partial charge on any atom is -0.385 e. The summed E-state index contributed by atoms with van der Waals surface area (Å²) >= 11 is 0. The van der Waals surface area contributed by atoms with Crippen molar-refractivity contribution in [3.63, 3.8) is 0 Å². The summed E-state index contributed by atoms with van der Waals surface area (Å²) in [5.74, 6) is -0.168. The van der Waals surface area contributed by atoms with E-state index >= 15 is 0 Å². The van der Waals surface area contributed by atoms with E-state index in [1.165, 1.54) is 5.56 Å². The Morgan fingerprint density at radius 2 is 1.80 bits per heavy atom. The number of fused-ring (bicyclic) bond motifs is 1. The molecular formula is C20H22N2O3. The number of carbonyl (C=O) groups excluding carboxylic acids is 2. The fourth-order valence-corrected chi connectivity index (χ4v) is 2.99. The first kappa shape index (κ1) is 17.2. The number of carbonyl (C=O) groups is 2. The molecule has 2 aromatic rings. The van der Waals surface area contributed by atoms with Crippen LogP contribution in [0.5, 0.6) is 0 Å². The zero-order valence-corrected chi connectivity index (χ0v) is 14.3. The summed E-state index contributed by atoms with van der Waals surface area (Å²) in [5, 5.41) is 2.84. The maximum Gasteiger partial charge on any atom is 0.258 e. The number of para-hydroxylation sites is 1. The number of benzene rings is 2. The molecule has 1 heterocycles. The maximum absolute atomic E-state index is 12.7. The maximum atomic E-state index is 12.7. The lowest BCUT2D eigenvalue weighted by molar-refractivity contribution is 0.0945. The number of hydrogen-bond acceptors (Lipinski definition) is 3. The Kier molecular flexibility index (Phi) is 5.46. The molecule has 2 aromatic carbocycles. The molecule has 2 amide bonds. The van der Waals surface area contributed by atoms with Crippen LogP contribution in [-0.2, 0) is 11.2 Å². The highest BCUT2D eigenvalue weighted by molar-refractivity contribution is 6.07. The van der Waals surface area contributed by atoms with Crippen LogP contribution >= 0.6 is 0 Å². The van der Waals surface area contributed by atoms with Gasteiger partial charge in [0.2, 0.25) is 0 Å². The molecule has 0 fully saturated rings. The first-order chi connectivity index (χ1) is 12.2. The van der Waals surface area contributed by atoms with Crippen LogP contribution in [0.3, 0.4) is 0 Å². The third kappa shape index (κ3) is 3.88. The molecule has 1 aliphatic heterocycles. The molecule has 0 spiro atoms. The number of rotatable bonds is 6. The van der Waals surface area contributed by atoms with Crippen LogP contribution in [-0.4, -0.2) is 38.6 Å². The van der Waals surface area contributed by atoms with Gasteiger partial charge in [0, 0.05) is 43.6 Å². The van der Waals surface area contributed by atoms with E-state index in [1.807, 2.05) is 18.2 Å². The summed E-state index contributed by atoms with van der Waals surface area (Å²) in [5.41, 5.74) is 3.32. The van der Waals surface area contributed by atoms with Crippen LogP contribution in [0, 0.1) is 0 Å². The lowest BCUT2D eigenvalue weighted by Gasteiger charge is -2.17. The number of anilines is 1. The van der Waals surface area contributed by atoms with Gasteiger partial charge in [-0.15, -0.1) is 0 Å². The van der Waals surface area contributed by atoms with E-state index in [0.717, 1.165) is 18.5 Å². The van der Waals surface area contributed by atoms with Crippen molar-refractivity contribution in [3.05, 3.63) is 65.2 Å². The summed E-state index contributed by atoms with van der Waals surface area (Å²) in [6, 6.07) is 14.8. The highest BCUT2D eigenvalue weighted by Gasteiger charge is 2.25. The van der Waals surface area contributed by atoms with Crippen LogP contribution < -0.4 is 10.2 Å². The minimum absolute atomic E-state index is 0.0306. The average molecular weight is 338 g/mol. The molecule has 0 unspecified atom stereocenters. The lowest BCUT2D eigenvalue weighted by Crippen LogP contribution is -2.29. The zero-order valence-electron chi connectivity index (χ0n) is 14.3. The van der Waals surface area contributed by atoms with Crippen LogP contribution in [0.1, 0.15) is 32.7 Å². The number of hydrogen-bond donors (Lipinski definition) is 1. The van der Waals surface area contributed by atoms with Gasteiger partial charge in [-0.05, 0) is 48.7 Å². The standard InChI is InChI=1S/C20H22N2O3/c1-25-14-4-12-21-19(23)16-7-9-17(10-8-16)20(24)22-13-11-15-5-2-3-6-18(15)22/h2-3,5-10H,4,11-14H2,1H3,(H,21,23). The Labute approximate surface area is 147 Å². The van der Waals surface area contributed by atoms with Crippen LogP contribution in [0.15, 0.2) is 48.5 Å². The summed E-state index contributed by atoms with van der Waals surface area (Å²) in [6.07, 6.45) is 1.65. The van der Waals surface area contributed by atoms with E-state index < -0.39 is 0 Å². The number of amides is 2. The van der Waals surface area contributed by atoms with Crippen LogP contribution in [0.25, 0.3) is 0 Å². The van der Waals surface area contributed by atoms with E-state index in [2.05, 4.69) is 11.4 Å². The van der Waals surface area contributed by atoms with Gasteiger partial charge in [0.25, 0.3) is 11.8 Å². The first-order valence-corrected chi connectivity index (χ1v) is 8.47. The van der Waals surface area contributed by atoms with E-state index in [-0.39, 0.29) is 11.8 Å². The minimum atomic E-state index is -0.137. The highest BCUT2D eigenvalue weighted by Crippen LogP contribution is 2.28. The van der Waals surface area contributed by atoms with Crippen molar-refractivity contribution in [1.29, 1.82) is 0 Å². The van der Waals surface area contributed by atoms with Crippen molar-refractivity contribution in [2.75, 3.05) is 31.7 Å². The van der Waals surface area contributed by atoms with Crippen molar-refractivity contribution in [3.8, 4) is 0 Å². The van der Waals surface area contributed by atoms with E-state index in [4.69, 9.17) is 4.74 Å². The summed E-state index contributed by atoms with van der Waals surface area (Å²) in [7, 11) is 1.64. The number of nitrogens with one attached hydrogen (secondary N) is 1. The molecule has 0 bridgehead atoms.